The first kappa shape index (κ1) is 14.5. The summed E-state index contributed by atoms with van der Waals surface area (Å²) in [6.45, 7) is 10.7. The van der Waals surface area contributed by atoms with Gasteiger partial charge in [0.15, 0.2) is 5.69 Å². The third-order valence-electron chi connectivity index (χ3n) is 2.41. The highest BCUT2D eigenvalue weighted by molar-refractivity contribution is 5.85. The second kappa shape index (κ2) is 4.96. The SMILES string of the molecule is CC(C)(C)CC(C)(C)Nc1cccc(C(=O)O)n1. The van der Waals surface area contributed by atoms with E-state index < -0.39 is 5.97 Å². The molecule has 1 rings (SSSR count). The first-order chi connectivity index (χ1) is 8.09. The molecule has 0 aromatic carbocycles. The summed E-state index contributed by atoms with van der Waals surface area (Å²) < 4.78 is 0. The number of carboxylic acids is 1. The van der Waals surface area contributed by atoms with Gasteiger partial charge in [-0.25, -0.2) is 9.78 Å². The lowest BCUT2D eigenvalue weighted by Gasteiger charge is -2.33. The molecule has 18 heavy (non-hydrogen) atoms. The van der Waals surface area contributed by atoms with Gasteiger partial charge >= 0.3 is 5.97 Å². The normalized spacial score (nSPS) is 12.3. The number of hydrogen-bond donors (Lipinski definition) is 2. The van der Waals surface area contributed by atoms with E-state index in [2.05, 4.69) is 44.9 Å². The molecule has 4 nitrogen and oxygen atoms in total. The van der Waals surface area contributed by atoms with Gasteiger partial charge in [-0.2, -0.15) is 0 Å². The molecule has 1 aromatic heterocycles. The molecule has 0 aliphatic heterocycles. The van der Waals surface area contributed by atoms with Gasteiger partial charge in [0.25, 0.3) is 0 Å². The molecule has 0 atom stereocenters. The van der Waals surface area contributed by atoms with Crippen LogP contribution in [0.1, 0.15) is 51.5 Å². The van der Waals surface area contributed by atoms with Crippen molar-refractivity contribution in [1.82, 2.24) is 4.98 Å². The molecule has 0 amide bonds. The molecule has 0 unspecified atom stereocenters. The Balaban J connectivity index is 2.84. The zero-order valence-corrected chi connectivity index (χ0v) is 11.7. The van der Waals surface area contributed by atoms with Gasteiger partial charge in [-0.3, -0.25) is 0 Å². The third-order valence-corrected chi connectivity index (χ3v) is 2.41. The number of aromatic nitrogens is 1. The summed E-state index contributed by atoms with van der Waals surface area (Å²) in [5.41, 5.74) is 0.120. The fourth-order valence-electron chi connectivity index (χ4n) is 2.34. The van der Waals surface area contributed by atoms with Crippen LogP contribution in [-0.2, 0) is 0 Å². The number of nitrogens with one attached hydrogen (secondary N) is 1. The fourth-order valence-corrected chi connectivity index (χ4v) is 2.34. The van der Waals surface area contributed by atoms with Crippen LogP contribution in [0.3, 0.4) is 0 Å². The van der Waals surface area contributed by atoms with Gasteiger partial charge in [-0.05, 0) is 37.8 Å². The van der Waals surface area contributed by atoms with Crippen LogP contribution >= 0.6 is 0 Å². The van der Waals surface area contributed by atoms with Crippen LogP contribution in [0.2, 0.25) is 0 Å². The summed E-state index contributed by atoms with van der Waals surface area (Å²) in [6.07, 6.45) is 0.957. The predicted octanol–water partition coefficient (Wildman–Crippen LogP) is 3.41. The summed E-state index contributed by atoms with van der Waals surface area (Å²) in [5.74, 6) is -0.406. The fraction of sp³-hybridized carbons (Fsp3) is 0.571. The first-order valence-electron chi connectivity index (χ1n) is 6.08. The zero-order valence-electron chi connectivity index (χ0n) is 11.7. The van der Waals surface area contributed by atoms with Gasteiger partial charge < -0.3 is 10.4 Å². The largest absolute Gasteiger partial charge is 0.477 e. The lowest BCUT2D eigenvalue weighted by atomic mass is 9.82. The average Bonchev–Trinajstić information content (AvgIpc) is 2.12. The van der Waals surface area contributed by atoms with E-state index in [9.17, 15) is 4.79 Å². The van der Waals surface area contributed by atoms with Crippen LogP contribution in [0.4, 0.5) is 5.82 Å². The van der Waals surface area contributed by atoms with Crippen molar-refractivity contribution in [3.63, 3.8) is 0 Å². The van der Waals surface area contributed by atoms with Gasteiger partial charge in [0, 0.05) is 5.54 Å². The summed E-state index contributed by atoms with van der Waals surface area (Å²) >= 11 is 0. The standard InChI is InChI=1S/C14H22N2O2/c1-13(2,3)9-14(4,5)16-11-8-6-7-10(15-11)12(17)18/h6-8H,9H2,1-5H3,(H,15,16)(H,17,18). The van der Waals surface area contributed by atoms with Crippen molar-refractivity contribution in [2.24, 2.45) is 5.41 Å². The molecule has 0 radical (unpaired) electrons. The Bertz CT molecular complexity index is 434. The monoisotopic (exact) mass is 250 g/mol. The van der Waals surface area contributed by atoms with E-state index in [1.807, 2.05) is 0 Å². The van der Waals surface area contributed by atoms with E-state index in [0.29, 0.717) is 5.82 Å². The number of nitrogens with zero attached hydrogens (tertiary/aromatic N) is 1. The maximum Gasteiger partial charge on any atom is 0.354 e. The third kappa shape index (κ3) is 4.73. The van der Waals surface area contributed by atoms with E-state index in [0.717, 1.165) is 6.42 Å². The molecule has 0 aliphatic carbocycles. The molecule has 0 saturated carbocycles. The summed E-state index contributed by atoms with van der Waals surface area (Å²) in [6, 6.07) is 4.98. The Hall–Kier alpha value is -1.58. The molecule has 1 aromatic rings. The molecule has 0 bridgehead atoms. The minimum atomic E-state index is -1.01. The van der Waals surface area contributed by atoms with E-state index in [4.69, 9.17) is 5.11 Å². The molecular formula is C14H22N2O2. The van der Waals surface area contributed by atoms with Crippen LogP contribution in [0, 0.1) is 5.41 Å². The van der Waals surface area contributed by atoms with E-state index >= 15 is 0 Å². The quantitative estimate of drug-likeness (QED) is 0.859. The maximum atomic E-state index is 10.9. The zero-order chi connectivity index (χ0) is 14.0. The maximum absolute atomic E-state index is 10.9. The van der Waals surface area contributed by atoms with Gasteiger partial charge in [0.05, 0.1) is 0 Å². The second-order valence-electron chi connectivity index (χ2n) is 6.46. The lowest BCUT2D eigenvalue weighted by molar-refractivity contribution is 0.0690. The molecule has 1 heterocycles. The molecular weight excluding hydrogens is 228 g/mol. The second-order valence-corrected chi connectivity index (χ2v) is 6.46. The number of hydrogen-bond acceptors (Lipinski definition) is 3. The van der Waals surface area contributed by atoms with E-state index in [1.165, 1.54) is 6.07 Å². The average molecular weight is 250 g/mol. The van der Waals surface area contributed by atoms with Crippen molar-refractivity contribution in [3.05, 3.63) is 23.9 Å². The van der Waals surface area contributed by atoms with Crippen molar-refractivity contribution in [2.75, 3.05) is 5.32 Å². The molecule has 0 spiro atoms. The van der Waals surface area contributed by atoms with Crippen molar-refractivity contribution in [3.8, 4) is 0 Å². The highest BCUT2D eigenvalue weighted by Gasteiger charge is 2.25. The van der Waals surface area contributed by atoms with Crippen LogP contribution in [0.15, 0.2) is 18.2 Å². The van der Waals surface area contributed by atoms with Gasteiger partial charge in [-0.15, -0.1) is 0 Å². The number of pyridine rings is 1. The van der Waals surface area contributed by atoms with Gasteiger partial charge in [0.2, 0.25) is 0 Å². The Morgan fingerprint density at radius 2 is 1.89 bits per heavy atom. The van der Waals surface area contributed by atoms with Gasteiger partial charge in [-0.1, -0.05) is 26.8 Å². The highest BCUT2D eigenvalue weighted by atomic mass is 16.4. The van der Waals surface area contributed by atoms with Gasteiger partial charge in [0.1, 0.15) is 5.82 Å². The first-order valence-corrected chi connectivity index (χ1v) is 6.08. The number of carbonyl (C=O) groups is 1. The summed E-state index contributed by atoms with van der Waals surface area (Å²) in [5, 5.41) is 12.2. The molecule has 0 aliphatic rings. The lowest BCUT2D eigenvalue weighted by Crippen LogP contribution is -2.35. The Morgan fingerprint density at radius 1 is 1.28 bits per heavy atom. The summed E-state index contributed by atoms with van der Waals surface area (Å²) in [4.78, 5) is 14.9. The van der Waals surface area contributed by atoms with E-state index in [-0.39, 0.29) is 16.6 Å². The molecule has 100 valence electrons. The van der Waals surface area contributed by atoms with Crippen LogP contribution in [-0.4, -0.2) is 21.6 Å². The smallest absolute Gasteiger partial charge is 0.354 e. The minimum absolute atomic E-state index is 0.0616. The molecule has 2 N–H and O–H groups in total. The van der Waals surface area contributed by atoms with Crippen molar-refractivity contribution < 1.29 is 9.90 Å². The Labute approximate surface area is 108 Å². The molecule has 0 fully saturated rings. The minimum Gasteiger partial charge on any atom is -0.477 e. The van der Waals surface area contributed by atoms with E-state index in [1.54, 1.807) is 12.1 Å². The predicted molar refractivity (Wildman–Crippen MR) is 73.0 cm³/mol. The summed E-state index contributed by atoms with van der Waals surface area (Å²) in [7, 11) is 0. The Kier molecular flexibility index (Phi) is 3.99. The van der Waals surface area contributed by atoms with Crippen LogP contribution < -0.4 is 5.32 Å². The number of carboxylic acid groups (broad SMARTS) is 1. The van der Waals surface area contributed by atoms with Crippen LogP contribution in [0.5, 0.6) is 0 Å². The van der Waals surface area contributed by atoms with Crippen molar-refractivity contribution in [2.45, 2.75) is 46.6 Å². The number of anilines is 1. The van der Waals surface area contributed by atoms with Crippen molar-refractivity contribution >= 4 is 11.8 Å². The number of aromatic carboxylic acids is 1. The highest BCUT2D eigenvalue weighted by Crippen LogP contribution is 2.29. The topological polar surface area (TPSA) is 62.2 Å². The Morgan fingerprint density at radius 3 is 2.39 bits per heavy atom. The number of rotatable bonds is 4. The molecule has 4 heteroatoms. The van der Waals surface area contributed by atoms with Crippen molar-refractivity contribution in [1.29, 1.82) is 0 Å². The van der Waals surface area contributed by atoms with Crippen LogP contribution in [0.25, 0.3) is 0 Å². The molecule has 0 saturated heterocycles.